The number of rotatable bonds is 3. The van der Waals surface area contributed by atoms with E-state index in [1.165, 1.54) is 0 Å². The van der Waals surface area contributed by atoms with Gasteiger partial charge in [0.2, 0.25) is 5.91 Å². The van der Waals surface area contributed by atoms with Gasteiger partial charge >= 0.3 is 6.03 Å². The van der Waals surface area contributed by atoms with Crippen molar-refractivity contribution in [1.82, 2.24) is 10.2 Å². The Kier molecular flexibility index (Phi) is 4.02. The maximum absolute atomic E-state index is 13.9. The van der Waals surface area contributed by atoms with Crippen LogP contribution in [0.3, 0.4) is 0 Å². The molecule has 2 aliphatic heterocycles. The molecule has 2 rings (SSSR count). The van der Waals surface area contributed by atoms with Gasteiger partial charge in [-0.05, 0) is 6.42 Å². The van der Waals surface area contributed by atoms with Crippen LogP contribution < -0.4 is 5.32 Å². The summed E-state index contributed by atoms with van der Waals surface area (Å²) in [4.78, 5) is 24.2. The van der Waals surface area contributed by atoms with E-state index in [0.29, 0.717) is 6.42 Å². The van der Waals surface area contributed by atoms with Gasteiger partial charge in [-0.15, -0.1) is 0 Å². The third kappa shape index (κ3) is 2.43. The number of aliphatic hydroxyl groups excluding tert-OH is 2. The Labute approximate surface area is 109 Å². The van der Waals surface area contributed by atoms with Crippen LogP contribution in [0.15, 0.2) is 0 Å². The fourth-order valence-corrected chi connectivity index (χ4v) is 2.32. The van der Waals surface area contributed by atoms with Crippen molar-refractivity contribution in [3.8, 4) is 0 Å². The van der Waals surface area contributed by atoms with Gasteiger partial charge in [-0.3, -0.25) is 15.0 Å². The first-order valence-corrected chi connectivity index (χ1v) is 6.19. The Hall–Kier alpha value is -1.25. The van der Waals surface area contributed by atoms with Crippen LogP contribution >= 0.6 is 0 Å². The van der Waals surface area contributed by atoms with E-state index in [9.17, 15) is 19.1 Å². The summed E-state index contributed by atoms with van der Waals surface area (Å²) in [5.41, 5.74) is 0. The number of amides is 3. The topological polar surface area (TPSA) is 99.1 Å². The Balaban J connectivity index is 2.13. The maximum Gasteiger partial charge on any atom is 0.326 e. The number of aliphatic hydroxyl groups is 2. The van der Waals surface area contributed by atoms with Crippen LogP contribution in [-0.4, -0.2) is 64.8 Å². The summed E-state index contributed by atoms with van der Waals surface area (Å²) in [6.07, 6.45) is -5.14. The van der Waals surface area contributed by atoms with Gasteiger partial charge in [-0.1, -0.05) is 6.92 Å². The Morgan fingerprint density at radius 2 is 2.21 bits per heavy atom. The second-order valence-corrected chi connectivity index (χ2v) is 4.73. The maximum atomic E-state index is 13.9. The number of nitrogens with one attached hydrogen (secondary N) is 1. The second kappa shape index (κ2) is 5.40. The minimum absolute atomic E-state index is 0.0388. The van der Waals surface area contributed by atoms with Crippen LogP contribution in [0.5, 0.6) is 0 Å². The smallest absolute Gasteiger partial charge is 0.326 e. The molecule has 5 unspecified atom stereocenters. The predicted octanol–water partition coefficient (Wildman–Crippen LogP) is -1.02. The van der Waals surface area contributed by atoms with E-state index >= 15 is 0 Å². The van der Waals surface area contributed by atoms with Crippen LogP contribution in [-0.2, 0) is 9.53 Å². The average Bonchev–Trinajstić information content (AvgIpc) is 2.67. The molecule has 3 amide bonds. The fourth-order valence-electron chi connectivity index (χ4n) is 2.32. The lowest BCUT2D eigenvalue weighted by Crippen LogP contribution is -2.59. The van der Waals surface area contributed by atoms with Crippen molar-refractivity contribution in [2.75, 3.05) is 13.2 Å². The highest BCUT2D eigenvalue weighted by Gasteiger charge is 2.49. The summed E-state index contributed by atoms with van der Waals surface area (Å²) in [6, 6.07) is -0.742. The van der Waals surface area contributed by atoms with Gasteiger partial charge in [0.1, 0.15) is 12.2 Å². The van der Waals surface area contributed by atoms with Crippen molar-refractivity contribution < 1.29 is 28.9 Å². The zero-order chi connectivity index (χ0) is 14.2. The standard InChI is InChI=1S/C11H17FN2O5/c1-2-5-3-14(11(18)13-9(5)17)10-7(12)8(16)6(4-15)19-10/h5-8,10,15-16H,2-4H2,1H3,(H,13,17,18). The van der Waals surface area contributed by atoms with Gasteiger partial charge in [-0.2, -0.15) is 0 Å². The van der Waals surface area contributed by atoms with Crippen LogP contribution in [0.1, 0.15) is 13.3 Å². The number of imide groups is 1. The summed E-state index contributed by atoms with van der Waals surface area (Å²) >= 11 is 0. The van der Waals surface area contributed by atoms with Crippen molar-refractivity contribution in [3.63, 3.8) is 0 Å². The lowest BCUT2D eigenvalue weighted by atomic mass is 10.0. The first-order valence-electron chi connectivity index (χ1n) is 6.19. The number of halogens is 1. The lowest BCUT2D eigenvalue weighted by molar-refractivity contribution is -0.130. The zero-order valence-electron chi connectivity index (χ0n) is 10.5. The largest absolute Gasteiger partial charge is 0.394 e. The van der Waals surface area contributed by atoms with Gasteiger partial charge < -0.3 is 14.9 Å². The van der Waals surface area contributed by atoms with Gasteiger partial charge in [-0.25, -0.2) is 9.18 Å². The highest BCUT2D eigenvalue weighted by Crippen LogP contribution is 2.28. The van der Waals surface area contributed by atoms with Crippen molar-refractivity contribution >= 4 is 11.9 Å². The molecule has 7 nitrogen and oxygen atoms in total. The first kappa shape index (κ1) is 14.2. The van der Waals surface area contributed by atoms with E-state index in [0.717, 1.165) is 4.90 Å². The van der Waals surface area contributed by atoms with Crippen LogP contribution in [0.2, 0.25) is 0 Å². The van der Waals surface area contributed by atoms with Gasteiger partial charge in [0.05, 0.1) is 12.5 Å². The van der Waals surface area contributed by atoms with Gasteiger partial charge in [0.15, 0.2) is 12.4 Å². The molecule has 5 atom stereocenters. The monoisotopic (exact) mass is 276 g/mol. The van der Waals surface area contributed by atoms with Crippen molar-refractivity contribution in [3.05, 3.63) is 0 Å². The van der Waals surface area contributed by atoms with Gasteiger partial charge in [0.25, 0.3) is 0 Å². The van der Waals surface area contributed by atoms with E-state index in [1.807, 2.05) is 0 Å². The molecular formula is C11H17FN2O5. The molecule has 0 aromatic heterocycles. The molecule has 108 valence electrons. The number of urea groups is 1. The molecule has 0 radical (unpaired) electrons. The number of hydrogen-bond acceptors (Lipinski definition) is 5. The lowest BCUT2D eigenvalue weighted by Gasteiger charge is -2.35. The van der Waals surface area contributed by atoms with Crippen molar-refractivity contribution in [2.45, 2.75) is 38.0 Å². The molecule has 0 bridgehead atoms. The molecule has 0 aromatic carbocycles. The number of carbonyl (C=O) groups excluding carboxylic acids is 2. The summed E-state index contributed by atoms with van der Waals surface area (Å²) in [6.45, 7) is 1.28. The molecule has 2 aliphatic rings. The molecule has 0 spiro atoms. The van der Waals surface area contributed by atoms with Crippen LogP contribution in [0.4, 0.5) is 9.18 Å². The van der Waals surface area contributed by atoms with Crippen LogP contribution in [0, 0.1) is 5.92 Å². The zero-order valence-corrected chi connectivity index (χ0v) is 10.5. The molecule has 2 fully saturated rings. The first-order chi connectivity index (χ1) is 8.99. The molecule has 2 heterocycles. The molecule has 0 saturated carbocycles. The van der Waals surface area contributed by atoms with E-state index < -0.39 is 49.1 Å². The normalized spacial score (nSPS) is 39.6. The Morgan fingerprint density at radius 1 is 1.53 bits per heavy atom. The minimum Gasteiger partial charge on any atom is -0.394 e. The number of ether oxygens (including phenoxy) is 1. The van der Waals surface area contributed by atoms with E-state index in [-0.39, 0.29) is 6.54 Å². The highest BCUT2D eigenvalue weighted by molar-refractivity contribution is 5.98. The third-order valence-corrected chi connectivity index (χ3v) is 3.55. The average molecular weight is 276 g/mol. The molecular weight excluding hydrogens is 259 g/mol. The Bertz CT molecular complexity index is 380. The molecule has 0 aromatic rings. The quantitative estimate of drug-likeness (QED) is 0.613. The molecule has 8 heteroatoms. The van der Waals surface area contributed by atoms with Gasteiger partial charge in [0, 0.05) is 6.54 Å². The summed E-state index contributed by atoms with van der Waals surface area (Å²) in [7, 11) is 0. The summed E-state index contributed by atoms with van der Waals surface area (Å²) in [5, 5.41) is 20.6. The minimum atomic E-state index is -1.81. The van der Waals surface area contributed by atoms with E-state index in [2.05, 4.69) is 5.32 Å². The summed E-state index contributed by atoms with van der Waals surface area (Å²) in [5.74, 6) is -0.824. The van der Waals surface area contributed by atoms with Crippen molar-refractivity contribution in [2.24, 2.45) is 5.92 Å². The number of alkyl halides is 1. The third-order valence-electron chi connectivity index (χ3n) is 3.55. The Morgan fingerprint density at radius 3 is 2.74 bits per heavy atom. The van der Waals surface area contributed by atoms with E-state index in [4.69, 9.17) is 9.84 Å². The fraction of sp³-hybridized carbons (Fsp3) is 0.818. The number of hydrogen-bond donors (Lipinski definition) is 3. The molecule has 2 saturated heterocycles. The number of nitrogens with zero attached hydrogens (tertiary/aromatic N) is 1. The molecule has 19 heavy (non-hydrogen) atoms. The van der Waals surface area contributed by atoms with Crippen LogP contribution in [0.25, 0.3) is 0 Å². The van der Waals surface area contributed by atoms with E-state index in [1.54, 1.807) is 6.92 Å². The SMILES string of the molecule is CCC1CN(C2OC(CO)C(O)C2F)C(=O)NC1=O. The summed E-state index contributed by atoms with van der Waals surface area (Å²) < 4.78 is 19.1. The highest BCUT2D eigenvalue weighted by atomic mass is 19.1. The van der Waals surface area contributed by atoms with Crippen molar-refractivity contribution in [1.29, 1.82) is 0 Å². The predicted molar refractivity (Wildman–Crippen MR) is 60.7 cm³/mol. The second-order valence-electron chi connectivity index (χ2n) is 4.73. The molecule has 0 aliphatic carbocycles. The number of carbonyl (C=O) groups is 2. The molecule has 3 N–H and O–H groups in total.